The lowest BCUT2D eigenvalue weighted by molar-refractivity contribution is -0.156. The Morgan fingerprint density at radius 1 is 1.20 bits per heavy atom. The van der Waals surface area contributed by atoms with Crippen molar-refractivity contribution >= 4 is 11.8 Å². The van der Waals surface area contributed by atoms with E-state index in [4.69, 9.17) is 14.6 Å². The van der Waals surface area contributed by atoms with Crippen molar-refractivity contribution in [2.75, 3.05) is 31.3 Å². The second-order valence-electron chi connectivity index (χ2n) is 3.73. The summed E-state index contributed by atoms with van der Waals surface area (Å²) < 4.78 is 10.5. The number of aliphatic hydroxyl groups is 1. The van der Waals surface area contributed by atoms with Crippen molar-refractivity contribution in [1.82, 2.24) is 0 Å². The van der Waals surface area contributed by atoms with Gasteiger partial charge in [-0.05, 0) is 25.0 Å². The molecule has 0 spiro atoms. The third-order valence-electron chi connectivity index (χ3n) is 1.87. The highest BCUT2D eigenvalue weighted by molar-refractivity contribution is 7.99. The van der Waals surface area contributed by atoms with Gasteiger partial charge in [0.15, 0.2) is 6.29 Å². The molecule has 1 unspecified atom stereocenters. The van der Waals surface area contributed by atoms with Crippen LogP contribution in [0.4, 0.5) is 0 Å². The molecule has 0 aliphatic rings. The van der Waals surface area contributed by atoms with Crippen LogP contribution in [0.15, 0.2) is 0 Å². The minimum atomic E-state index is -0.444. The van der Waals surface area contributed by atoms with Gasteiger partial charge in [-0.2, -0.15) is 11.8 Å². The first-order chi connectivity index (χ1) is 7.20. The summed E-state index contributed by atoms with van der Waals surface area (Å²) >= 11 is 1.89. The predicted octanol–water partition coefficient (Wildman–Crippen LogP) is 2.14. The molecule has 0 aromatic heterocycles. The van der Waals surface area contributed by atoms with Crippen LogP contribution in [0.25, 0.3) is 0 Å². The SMILES string of the molecule is CCOC(CO)OCCSCCC(C)C. The Morgan fingerprint density at radius 3 is 2.47 bits per heavy atom. The second-order valence-corrected chi connectivity index (χ2v) is 4.96. The Kier molecular flexibility index (Phi) is 10.9. The molecule has 0 aliphatic carbocycles. The first kappa shape index (κ1) is 15.2. The Balaban J connectivity index is 3.21. The van der Waals surface area contributed by atoms with Crippen molar-refractivity contribution in [2.45, 2.75) is 33.5 Å². The van der Waals surface area contributed by atoms with E-state index in [9.17, 15) is 0 Å². The van der Waals surface area contributed by atoms with Gasteiger partial charge >= 0.3 is 0 Å². The molecule has 0 bridgehead atoms. The zero-order valence-electron chi connectivity index (χ0n) is 10.1. The molecule has 0 heterocycles. The average Bonchev–Trinajstić information content (AvgIpc) is 2.21. The zero-order chi connectivity index (χ0) is 11.5. The van der Waals surface area contributed by atoms with Crippen LogP contribution in [-0.4, -0.2) is 42.7 Å². The summed E-state index contributed by atoms with van der Waals surface area (Å²) in [5.74, 6) is 2.92. The van der Waals surface area contributed by atoms with Gasteiger partial charge in [0, 0.05) is 12.4 Å². The van der Waals surface area contributed by atoms with E-state index in [1.165, 1.54) is 12.2 Å². The highest BCUT2D eigenvalue weighted by Crippen LogP contribution is 2.08. The molecule has 0 saturated heterocycles. The molecule has 0 fully saturated rings. The first-order valence-electron chi connectivity index (χ1n) is 5.62. The molecule has 3 nitrogen and oxygen atoms in total. The maximum atomic E-state index is 8.88. The van der Waals surface area contributed by atoms with Crippen LogP contribution in [-0.2, 0) is 9.47 Å². The lowest BCUT2D eigenvalue weighted by Gasteiger charge is -2.14. The maximum absolute atomic E-state index is 8.88. The van der Waals surface area contributed by atoms with E-state index in [1.54, 1.807) is 0 Å². The third-order valence-corrected chi connectivity index (χ3v) is 2.85. The van der Waals surface area contributed by atoms with Crippen LogP contribution in [0, 0.1) is 5.92 Å². The number of rotatable bonds is 10. The lowest BCUT2D eigenvalue weighted by atomic mass is 10.2. The summed E-state index contributed by atoms with van der Waals surface area (Å²) in [7, 11) is 0. The van der Waals surface area contributed by atoms with E-state index in [0.29, 0.717) is 13.2 Å². The molecule has 0 aliphatic heterocycles. The van der Waals surface area contributed by atoms with Gasteiger partial charge in [-0.15, -0.1) is 0 Å². The van der Waals surface area contributed by atoms with Gasteiger partial charge in [0.1, 0.15) is 0 Å². The van der Waals surface area contributed by atoms with Crippen molar-refractivity contribution in [3.63, 3.8) is 0 Å². The second kappa shape index (κ2) is 10.7. The highest BCUT2D eigenvalue weighted by Gasteiger charge is 2.05. The van der Waals surface area contributed by atoms with Gasteiger partial charge < -0.3 is 14.6 Å². The molecule has 4 heteroatoms. The lowest BCUT2D eigenvalue weighted by Crippen LogP contribution is -2.22. The molecule has 1 atom stereocenters. The van der Waals surface area contributed by atoms with E-state index in [2.05, 4.69) is 13.8 Å². The first-order valence-corrected chi connectivity index (χ1v) is 6.78. The monoisotopic (exact) mass is 236 g/mol. The number of hydrogen-bond donors (Lipinski definition) is 1. The molecule has 15 heavy (non-hydrogen) atoms. The van der Waals surface area contributed by atoms with E-state index in [-0.39, 0.29) is 6.61 Å². The summed E-state index contributed by atoms with van der Waals surface area (Å²) in [5.41, 5.74) is 0. The van der Waals surface area contributed by atoms with E-state index in [1.807, 2.05) is 18.7 Å². The summed E-state index contributed by atoms with van der Waals surface area (Å²) in [5, 5.41) is 8.88. The summed E-state index contributed by atoms with van der Waals surface area (Å²) in [6.07, 6.45) is 0.806. The molecular weight excluding hydrogens is 212 g/mol. The standard InChI is InChI=1S/C11H24O3S/c1-4-13-11(9-12)14-6-8-15-7-5-10(2)3/h10-12H,4-9H2,1-3H3. The Hall–Kier alpha value is 0.230. The molecule has 92 valence electrons. The van der Waals surface area contributed by atoms with Crippen molar-refractivity contribution in [3.8, 4) is 0 Å². The van der Waals surface area contributed by atoms with Crippen molar-refractivity contribution in [1.29, 1.82) is 0 Å². The molecule has 1 N–H and O–H groups in total. The Bertz CT molecular complexity index is 131. The van der Waals surface area contributed by atoms with Crippen LogP contribution in [0.3, 0.4) is 0 Å². The minimum absolute atomic E-state index is 0.0650. The summed E-state index contributed by atoms with van der Waals surface area (Å²) in [6.45, 7) is 7.51. The topological polar surface area (TPSA) is 38.7 Å². The molecule has 0 saturated carbocycles. The molecular formula is C11H24O3S. The maximum Gasteiger partial charge on any atom is 0.180 e. The highest BCUT2D eigenvalue weighted by atomic mass is 32.2. The van der Waals surface area contributed by atoms with Crippen LogP contribution in [0.1, 0.15) is 27.2 Å². The van der Waals surface area contributed by atoms with Crippen molar-refractivity contribution in [3.05, 3.63) is 0 Å². The Morgan fingerprint density at radius 2 is 1.93 bits per heavy atom. The van der Waals surface area contributed by atoms with Crippen LogP contribution in [0.2, 0.25) is 0 Å². The number of thioether (sulfide) groups is 1. The molecule has 0 amide bonds. The Labute approximate surface area is 97.5 Å². The molecule has 0 aromatic carbocycles. The largest absolute Gasteiger partial charge is 0.391 e. The fourth-order valence-corrected chi connectivity index (χ4v) is 2.06. The van der Waals surface area contributed by atoms with Crippen LogP contribution < -0.4 is 0 Å². The molecule has 0 radical (unpaired) electrons. The van der Waals surface area contributed by atoms with Gasteiger partial charge in [0.25, 0.3) is 0 Å². The number of ether oxygens (including phenoxy) is 2. The van der Waals surface area contributed by atoms with Gasteiger partial charge in [0.2, 0.25) is 0 Å². The quantitative estimate of drug-likeness (QED) is 0.466. The third kappa shape index (κ3) is 10.5. The average molecular weight is 236 g/mol. The van der Waals surface area contributed by atoms with Gasteiger partial charge in [0.05, 0.1) is 13.2 Å². The van der Waals surface area contributed by atoms with Crippen molar-refractivity contribution in [2.24, 2.45) is 5.92 Å². The van der Waals surface area contributed by atoms with Crippen LogP contribution in [0.5, 0.6) is 0 Å². The van der Waals surface area contributed by atoms with E-state index in [0.717, 1.165) is 11.7 Å². The number of aliphatic hydroxyl groups excluding tert-OH is 1. The zero-order valence-corrected chi connectivity index (χ0v) is 10.9. The molecule has 0 aromatic rings. The van der Waals surface area contributed by atoms with Gasteiger partial charge in [-0.25, -0.2) is 0 Å². The smallest absolute Gasteiger partial charge is 0.180 e. The predicted molar refractivity (Wildman–Crippen MR) is 65.2 cm³/mol. The van der Waals surface area contributed by atoms with Crippen LogP contribution >= 0.6 is 11.8 Å². The summed E-state index contributed by atoms with van der Waals surface area (Å²) in [6, 6.07) is 0. The fourth-order valence-electron chi connectivity index (χ4n) is 0.999. The molecule has 0 rings (SSSR count). The fraction of sp³-hybridized carbons (Fsp3) is 1.00. The van der Waals surface area contributed by atoms with E-state index < -0.39 is 6.29 Å². The van der Waals surface area contributed by atoms with Crippen molar-refractivity contribution < 1.29 is 14.6 Å². The van der Waals surface area contributed by atoms with Gasteiger partial charge in [-0.3, -0.25) is 0 Å². The van der Waals surface area contributed by atoms with E-state index >= 15 is 0 Å². The number of hydrogen-bond acceptors (Lipinski definition) is 4. The normalized spacial score (nSPS) is 13.4. The van der Waals surface area contributed by atoms with Gasteiger partial charge in [-0.1, -0.05) is 13.8 Å². The summed E-state index contributed by atoms with van der Waals surface area (Å²) in [4.78, 5) is 0. The minimum Gasteiger partial charge on any atom is -0.391 e.